The number of halogens is 1. The van der Waals surface area contributed by atoms with Gasteiger partial charge in [-0.05, 0) is 20.8 Å². The minimum atomic E-state index is -2.56. The fourth-order valence-electron chi connectivity index (χ4n) is 1.25. The summed E-state index contributed by atoms with van der Waals surface area (Å²) in [5.74, 6) is 0. The second-order valence-corrected chi connectivity index (χ2v) is 7.09. The van der Waals surface area contributed by atoms with Crippen molar-refractivity contribution in [3.05, 3.63) is 0 Å². The quantitative estimate of drug-likeness (QED) is 0.403. The van der Waals surface area contributed by atoms with E-state index in [1.807, 2.05) is 41.9 Å². The van der Waals surface area contributed by atoms with E-state index >= 15 is 0 Å². The van der Waals surface area contributed by atoms with Gasteiger partial charge >= 0.3 is 8.97 Å². The summed E-state index contributed by atoms with van der Waals surface area (Å²) in [6.45, 7) is 7.78. The minimum Gasteiger partial charge on any atom is -1.00 e. The molecule has 0 N–H and O–H groups in total. The Balaban J connectivity index is 0. The smallest absolute Gasteiger partial charge is 0.783 e. The second-order valence-electron chi connectivity index (χ2n) is 3.84. The Morgan fingerprint density at radius 2 is 1.07 bits per heavy atom. The molecule has 0 aromatic rings. The van der Waals surface area contributed by atoms with Crippen LogP contribution in [0.3, 0.4) is 0 Å². The molecule has 0 radical (unpaired) electrons. The Kier molecular flexibility index (Phi) is 9.64. The van der Waals surface area contributed by atoms with Crippen LogP contribution in [-0.4, -0.2) is 54.1 Å². The SMILES string of the molecule is CCO[Si](OCC)(OCC)[N+](C)(C)C.[I-]. The summed E-state index contributed by atoms with van der Waals surface area (Å²) in [6.07, 6.45) is 0. The molecule has 0 rings (SSSR count). The van der Waals surface area contributed by atoms with Gasteiger partial charge in [0, 0.05) is 19.8 Å². The lowest BCUT2D eigenvalue weighted by molar-refractivity contribution is -0.798. The molecule has 0 aliphatic rings. The topological polar surface area (TPSA) is 27.7 Å². The van der Waals surface area contributed by atoms with Gasteiger partial charge in [-0.3, -0.25) is 0 Å². The van der Waals surface area contributed by atoms with E-state index in [1.54, 1.807) is 0 Å². The van der Waals surface area contributed by atoms with Gasteiger partial charge < -0.3 is 41.4 Å². The van der Waals surface area contributed by atoms with Crippen LogP contribution in [0.2, 0.25) is 0 Å². The summed E-state index contributed by atoms with van der Waals surface area (Å²) < 4.78 is 17.8. The summed E-state index contributed by atoms with van der Waals surface area (Å²) in [6, 6.07) is 0. The number of nitrogens with zero attached hydrogens (tertiary/aromatic N) is 1. The highest BCUT2D eigenvalue weighted by molar-refractivity contribution is 6.52. The van der Waals surface area contributed by atoms with E-state index in [0.717, 1.165) is 0 Å². The molecule has 4 nitrogen and oxygen atoms in total. The Hall–Kier alpha value is 0.787. The number of rotatable bonds is 7. The van der Waals surface area contributed by atoms with Crippen molar-refractivity contribution in [3.63, 3.8) is 0 Å². The van der Waals surface area contributed by atoms with Gasteiger partial charge in [-0.2, -0.15) is 0 Å². The molecule has 15 heavy (non-hydrogen) atoms. The van der Waals surface area contributed by atoms with Crippen molar-refractivity contribution in [2.75, 3.05) is 41.0 Å². The number of hydrogen-bond acceptors (Lipinski definition) is 3. The first-order valence-corrected chi connectivity index (χ1v) is 6.84. The molecule has 0 spiro atoms. The number of quaternary nitrogens is 1. The van der Waals surface area contributed by atoms with Crippen LogP contribution in [0.25, 0.3) is 0 Å². The molecular formula is C9H24INO3Si. The Morgan fingerprint density at radius 3 is 1.20 bits per heavy atom. The maximum Gasteiger partial charge on any atom is 0.783 e. The summed E-state index contributed by atoms with van der Waals surface area (Å²) in [5, 5.41) is 0. The maximum absolute atomic E-state index is 5.74. The maximum atomic E-state index is 5.74. The lowest BCUT2D eigenvalue weighted by Crippen LogP contribution is -3.00. The zero-order valence-corrected chi connectivity index (χ0v) is 13.8. The molecule has 0 aromatic carbocycles. The molecule has 94 valence electrons. The van der Waals surface area contributed by atoms with Gasteiger partial charge in [0.25, 0.3) is 0 Å². The Morgan fingerprint density at radius 1 is 0.800 bits per heavy atom. The first-order chi connectivity index (χ1) is 6.43. The monoisotopic (exact) mass is 349 g/mol. The molecule has 0 saturated heterocycles. The summed E-state index contributed by atoms with van der Waals surface area (Å²) >= 11 is 0. The van der Waals surface area contributed by atoms with Crippen molar-refractivity contribution in [2.24, 2.45) is 0 Å². The molecular weight excluding hydrogens is 325 g/mol. The zero-order valence-electron chi connectivity index (χ0n) is 10.7. The molecule has 0 heterocycles. The van der Waals surface area contributed by atoms with Gasteiger partial charge in [0.15, 0.2) is 0 Å². The first-order valence-electron chi connectivity index (χ1n) is 5.16. The lowest BCUT2D eigenvalue weighted by Gasteiger charge is -2.37. The fourth-order valence-corrected chi connectivity index (χ4v) is 3.76. The first kappa shape index (κ1) is 18.2. The molecule has 0 saturated carbocycles. The van der Waals surface area contributed by atoms with Crippen molar-refractivity contribution < 1.29 is 41.4 Å². The fraction of sp³-hybridized carbons (Fsp3) is 1.00. The highest BCUT2D eigenvalue weighted by atomic mass is 127. The van der Waals surface area contributed by atoms with Gasteiger partial charge in [-0.25, -0.2) is 0 Å². The average Bonchev–Trinajstić information content (AvgIpc) is 2.03. The zero-order chi connectivity index (χ0) is 11.2. The molecule has 0 unspecified atom stereocenters. The Bertz CT molecular complexity index is 147. The van der Waals surface area contributed by atoms with Crippen LogP contribution < -0.4 is 24.0 Å². The van der Waals surface area contributed by atoms with E-state index in [4.69, 9.17) is 13.3 Å². The molecule has 6 heteroatoms. The largest absolute Gasteiger partial charge is 1.00 e. The van der Waals surface area contributed by atoms with Gasteiger partial charge in [0.05, 0.1) is 21.1 Å². The van der Waals surface area contributed by atoms with Crippen molar-refractivity contribution in [3.8, 4) is 0 Å². The summed E-state index contributed by atoms with van der Waals surface area (Å²) in [4.78, 5) is 0. The van der Waals surface area contributed by atoms with Crippen LogP contribution in [0.1, 0.15) is 20.8 Å². The summed E-state index contributed by atoms with van der Waals surface area (Å²) in [5.41, 5.74) is 0. The third-order valence-electron chi connectivity index (χ3n) is 1.80. The van der Waals surface area contributed by atoms with Crippen molar-refractivity contribution in [1.29, 1.82) is 0 Å². The van der Waals surface area contributed by atoms with Crippen LogP contribution in [0.4, 0.5) is 0 Å². The predicted octanol–water partition coefficient (Wildman–Crippen LogP) is -1.76. The van der Waals surface area contributed by atoms with Crippen LogP contribution in [0.15, 0.2) is 0 Å². The second kappa shape index (κ2) is 7.96. The van der Waals surface area contributed by atoms with Crippen molar-refractivity contribution >= 4 is 8.97 Å². The summed E-state index contributed by atoms with van der Waals surface area (Å²) in [7, 11) is 3.59. The van der Waals surface area contributed by atoms with Gasteiger partial charge in [0.1, 0.15) is 0 Å². The molecule has 0 amide bonds. The lowest BCUT2D eigenvalue weighted by atomic mass is 10.9. The van der Waals surface area contributed by atoms with Crippen LogP contribution >= 0.6 is 0 Å². The van der Waals surface area contributed by atoms with Crippen LogP contribution in [0, 0.1) is 0 Å². The van der Waals surface area contributed by atoms with E-state index in [1.165, 1.54) is 0 Å². The molecule has 0 aliphatic heterocycles. The van der Waals surface area contributed by atoms with E-state index in [2.05, 4.69) is 0 Å². The molecule has 0 aromatic heterocycles. The van der Waals surface area contributed by atoms with E-state index < -0.39 is 8.97 Å². The minimum absolute atomic E-state index is 0. The van der Waals surface area contributed by atoms with E-state index in [-0.39, 0.29) is 24.0 Å². The van der Waals surface area contributed by atoms with Crippen molar-refractivity contribution in [1.82, 2.24) is 0 Å². The highest BCUT2D eigenvalue weighted by Gasteiger charge is 2.59. The van der Waals surface area contributed by atoms with Crippen LogP contribution in [0.5, 0.6) is 0 Å². The third-order valence-corrected chi connectivity index (χ3v) is 5.41. The number of hydrogen-bond donors (Lipinski definition) is 0. The Labute approximate surface area is 112 Å². The molecule has 0 fully saturated rings. The molecule has 0 atom stereocenters. The molecule has 0 bridgehead atoms. The van der Waals surface area contributed by atoms with Gasteiger partial charge in [-0.15, -0.1) is 0 Å². The van der Waals surface area contributed by atoms with Gasteiger partial charge in [-0.1, -0.05) is 0 Å². The normalized spacial score (nSPS) is 12.4. The standard InChI is InChI=1S/C9H24NO3Si.HI/c1-7-11-14(12-8-2,13-9-3)10(4,5)6;/h7-9H2,1-6H3;1H/q+1;/p-1. The van der Waals surface area contributed by atoms with E-state index in [9.17, 15) is 0 Å². The predicted molar refractivity (Wildman–Crippen MR) is 58.7 cm³/mol. The third kappa shape index (κ3) is 5.09. The van der Waals surface area contributed by atoms with Gasteiger partial charge in [0.2, 0.25) is 0 Å². The highest BCUT2D eigenvalue weighted by Crippen LogP contribution is 2.18. The van der Waals surface area contributed by atoms with E-state index in [0.29, 0.717) is 24.0 Å². The van der Waals surface area contributed by atoms with Crippen molar-refractivity contribution in [2.45, 2.75) is 20.8 Å². The average molecular weight is 349 g/mol. The molecule has 0 aliphatic carbocycles. The van der Waals surface area contributed by atoms with Crippen LogP contribution in [-0.2, 0) is 13.3 Å².